The van der Waals surface area contributed by atoms with Crippen molar-refractivity contribution in [1.29, 1.82) is 0 Å². The van der Waals surface area contributed by atoms with E-state index in [0.717, 1.165) is 25.1 Å². The standard InChI is InChI=1S/C21H26N4O3/c1-15(26)22-9-10-25-12-17-8-7-16-11-24(13-19(16)21(17)23-25)20(27)14-28-18-5-3-2-4-6-18/h2-6,12,16,19H,7-11,13-14H2,1H3,(H,22,26)/t16-,19+/m1/s1. The van der Waals surface area contributed by atoms with Gasteiger partial charge in [0.2, 0.25) is 5.91 Å². The van der Waals surface area contributed by atoms with Crippen LogP contribution < -0.4 is 10.1 Å². The summed E-state index contributed by atoms with van der Waals surface area (Å²) in [6, 6.07) is 9.43. The first-order valence-electron chi connectivity index (χ1n) is 9.86. The first kappa shape index (κ1) is 18.5. The third-order valence-corrected chi connectivity index (χ3v) is 5.62. The van der Waals surface area contributed by atoms with Gasteiger partial charge in [0.25, 0.3) is 5.91 Å². The Morgan fingerprint density at radius 3 is 2.86 bits per heavy atom. The summed E-state index contributed by atoms with van der Waals surface area (Å²) in [7, 11) is 0. The lowest BCUT2D eigenvalue weighted by Crippen LogP contribution is -2.33. The van der Waals surface area contributed by atoms with Crippen molar-refractivity contribution in [2.45, 2.75) is 32.2 Å². The Balaban J connectivity index is 1.36. The number of hydrogen-bond acceptors (Lipinski definition) is 4. The Bertz CT molecular complexity index is 849. The number of benzene rings is 1. The molecule has 1 aliphatic carbocycles. The largest absolute Gasteiger partial charge is 0.484 e. The van der Waals surface area contributed by atoms with Gasteiger partial charge in [-0.1, -0.05) is 18.2 Å². The Labute approximate surface area is 164 Å². The van der Waals surface area contributed by atoms with E-state index in [1.165, 1.54) is 12.5 Å². The number of rotatable bonds is 6. The molecule has 0 unspecified atom stereocenters. The Morgan fingerprint density at radius 1 is 1.25 bits per heavy atom. The van der Waals surface area contributed by atoms with E-state index in [0.29, 0.717) is 37.2 Å². The zero-order valence-electron chi connectivity index (χ0n) is 16.1. The van der Waals surface area contributed by atoms with Gasteiger partial charge in [0.1, 0.15) is 5.75 Å². The van der Waals surface area contributed by atoms with Crippen molar-refractivity contribution < 1.29 is 14.3 Å². The zero-order chi connectivity index (χ0) is 19.5. The van der Waals surface area contributed by atoms with Crippen molar-refractivity contribution in [3.8, 4) is 5.75 Å². The highest BCUT2D eigenvalue weighted by atomic mass is 16.5. The number of carbonyl (C=O) groups excluding carboxylic acids is 2. The van der Waals surface area contributed by atoms with E-state index in [-0.39, 0.29) is 18.4 Å². The number of hydrogen-bond donors (Lipinski definition) is 1. The lowest BCUT2D eigenvalue weighted by atomic mass is 9.81. The van der Waals surface area contributed by atoms with E-state index >= 15 is 0 Å². The smallest absolute Gasteiger partial charge is 0.260 e. The molecule has 1 saturated heterocycles. The average molecular weight is 382 g/mol. The Hall–Kier alpha value is -2.83. The predicted octanol–water partition coefficient (Wildman–Crippen LogP) is 1.59. The molecule has 1 N–H and O–H groups in total. The third-order valence-electron chi connectivity index (χ3n) is 5.62. The molecule has 2 atom stereocenters. The fraction of sp³-hybridized carbons (Fsp3) is 0.476. The van der Waals surface area contributed by atoms with Gasteiger partial charge in [0.15, 0.2) is 6.61 Å². The summed E-state index contributed by atoms with van der Waals surface area (Å²) in [5.41, 5.74) is 2.40. The van der Waals surface area contributed by atoms with Crippen molar-refractivity contribution in [2.75, 3.05) is 26.2 Å². The van der Waals surface area contributed by atoms with Gasteiger partial charge in [-0.2, -0.15) is 5.10 Å². The minimum absolute atomic E-state index is 0.0281. The van der Waals surface area contributed by atoms with Crippen LogP contribution in [0, 0.1) is 5.92 Å². The predicted molar refractivity (Wildman–Crippen MR) is 104 cm³/mol. The molecule has 2 aromatic rings. The van der Waals surface area contributed by atoms with Crippen LogP contribution in [0.1, 0.15) is 30.5 Å². The Kier molecular flexibility index (Phi) is 5.32. The highest BCUT2D eigenvalue weighted by Crippen LogP contribution is 2.40. The molecule has 7 nitrogen and oxygen atoms in total. The van der Waals surface area contributed by atoms with E-state index in [9.17, 15) is 9.59 Å². The van der Waals surface area contributed by atoms with E-state index in [1.807, 2.05) is 39.9 Å². The number of nitrogens with zero attached hydrogens (tertiary/aromatic N) is 3. The van der Waals surface area contributed by atoms with Gasteiger partial charge in [0, 0.05) is 38.7 Å². The summed E-state index contributed by atoms with van der Waals surface area (Å²) in [5, 5.41) is 7.58. The number of amides is 2. The van der Waals surface area contributed by atoms with Gasteiger partial charge in [-0.25, -0.2) is 0 Å². The van der Waals surface area contributed by atoms with Crippen LogP contribution in [-0.4, -0.2) is 52.7 Å². The molecule has 2 aliphatic rings. The van der Waals surface area contributed by atoms with E-state index in [2.05, 4.69) is 11.5 Å². The molecule has 1 fully saturated rings. The maximum Gasteiger partial charge on any atom is 0.260 e. The first-order chi connectivity index (χ1) is 13.6. The quantitative estimate of drug-likeness (QED) is 0.823. The van der Waals surface area contributed by atoms with Crippen molar-refractivity contribution in [2.24, 2.45) is 5.92 Å². The molecule has 2 amide bonds. The molecular formula is C21H26N4O3. The molecule has 1 aliphatic heterocycles. The summed E-state index contributed by atoms with van der Waals surface area (Å²) in [6.45, 7) is 4.31. The van der Waals surface area contributed by atoms with Gasteiger partial charge in [-0.3, -0.25) is 14.3 Å². The maximum atomic E-state index is 12.6. The van der Waals surface area contributed by atoms with Crippen molar-refractivity contribution >= 4 is 11.8 Å². The number of aryl methyl sites for hydroxylation is 1. The average Bonchev–Trinajstić information content (AvgIpc) is 3.30. The number of nitrogens with one attached hydrogen (secondary N) is 1. The first-order valence-corrected chi connectivity index (χ1v) is 9.86. The number of aromatic nitrogens is 2. The van der Waals surface area contributed by atoms with Crippen LogP contribution in [0.3, 0.4) is 0 Å². The van der Waals surface area contributed by atoms with Crippen molar-refractivity contribution in [1.82, 2.24) is 20.0 Å². The number of fused-ring (bicyclic) bond motifs is 3. The van der Waals surface area contributed by atoms with E-state index < -0.39 is 0 Å². The zero-order valence-corrected chi connectivity index (χ0v) is 16.1. The highest BCUT2D eigenvalue weighted by Gasteiger charge is 2.41. The monoisotopic (exact) mass is 382 g/mol. The minimum Gasteiger partial charge on any atom is -0.484 e. The molecule has 0 spiro atoms. The van der Waals surface area contributed by atoms with E-state index in [4.69, 9.17) is 9.84 Å². The molecule has 148 valence electrons. The van der Waals surface area contributed by atoms with Gasteiger partial charge in [-0.05, 0) is 36.5 Å². The molecule has 0 radical (unpaired) electrons. The van der Waals surface area contributed by atoms with Gasteiger partial charge < -0.3 is 15.0 Å². The van der Waals surface area contributed by atoms with Crippen LogP contribution in [-0.2, 0) is 22.6 Å². The molecule has 1 aromatic carbocycles. The molecule has 1 aromatic heterocycles. The molecule has 0 bridgehead atoms. The highest BCUT2D eigenvalue weighted by molar-refractivity contribution is 5.78. The molecule has 4 rings (SSSR count). The Morgan fingerprint density at radius 2 is 2.07 bits per heavy atom. The van der Waals surface area contributed by atoms with Gasteiger partial charge in [-0.15, -0.1) is 0 Å². The van der Waals surface area contributed by atoms with Crippen LogP contribution in [0.15, 0.2) is 36.5 Å². The van der Waals surface area contributed by atoms with Crippen molar-refractivity contribution in [3.05, 3.63) is 47.8 Å². The molecule has 0 saturated carbocycles. The third kappa shape index (κ3) is 4.03. The summed E-state index contributed by atoms with van der Waals surface area (Å²) < 4.78 is 7.55. The molecule has 7 heteroatoms. The number of carbonyl (C=O) groups is 2. The van der Waals surface area contributed by atoms with Crippen LogP contribution >= 0.6 is 0 Å². The second-order valence-electron chi connectivity index (χ2n) is 7.59. The molecular weight excluding hydrogens is 356 g/mol. The normalized spacial score (nSPS) is 20.4. The fourth-order valence-electron chi connectivity index (χ4n) is 4.21. The van der Waals surface area contributed by atoms with Crippen LogP contribution in [0.4, 0.5) is 0 Å². The maximum absolute atomic E-state index is 12.6. The SMILES string of the molecule is CC(=O)NCCn1cc2c(n1)[C@H]1CN(C(=O)COc3ccccc3)C[C@H]1CC2. The lowest BCUT2D eigenvalue weighted by Gasteiger charge is -2.22. The van der Waals surface area contributed by atoms with Gasteiger partial charge >= 0.3 is 0 Å². The second-order valence-corrected chi connectivity index (χ2v) is 7.59. The number of likely N-dealkylation sites (tertiary alicyclic amines) is 1. The summed E-state index contributed by atoms with van der Waals surface area (Å²) >= 11 is 0. The molecule has 28 heavy (non-hydrogen) atoms. The fourth-order valence-corrected chi connectivity index (χ4v) is 4.21. The number of ether oxygens (including phenoxy) is 1. The summed E-state index contributed by atoms with van der Waals surface area (Å²) in [5.74, 6) is 1.48. The van der Waals surface area contributed by atoms with Crippen molar-refractivity contribution in [3.63, 3.8) is 0 Å². The van der Waals surface area contributed by atoms with Crippen LogP contribution in [0.5, 0.6) is 5.75 Å². The second kappa shape index (κ2) is 8.04. The van der Waals surface area contributed by atoms with Crippen LogP contribution in [0.2, 0.25) is 0 Å². The lowest BCUT2D eigenvalue weighted by molar-refractivity contribution is -0.132. The van der Waals surface area contributed by atoms with Gasteiger partial charge in [0.05, 0.1) is 12.2 Å². The molecule has 2 heterocycles. The summed E-state index contributed by atoms with van der Waals surface area (Å²) in [6.07, 6.45) is 4.17. The topological polar surface area (TPSA) is 76.5 Å². The van der Waals surface area contributed by atoms with Crippen LogP contribution in [0.25, 0.3) is 0 Å². The minimum atomic E-state index is -0.0281. The number of para-hydroxylation sites is 1. The summed E-state index contributed by atoms with van der Waals surface area (Å²) in [4.78, 5) is 25.6. The van der Waals surface area contributed by atoms with E-state index in [1.54, 1.807) is 0 Å².